The van der Waals surface area contributed by atoms with Crippen LogP contribution in [0.5, 0.6) is 0 Å². The number of thiophene rings is 1. The van der Waals surface area contributed by atoms with Gasteiger partial charge in [0.2, 0.25) is 5.91 Å². The van der Waals surface area contributed by atoms with Crippen LogP contribution in [0.25, 0.3) is 6.08 Å². The summed E-state index contributed by atoms with van der Waals surface area (Å²) >= 11 is 1.64. The summed E-state index contributed by atoms with van der Waals surface area (Å²) in [7, 11) is 0. The van der Waals surface area contributed by atoms with Gasteiger partial charge in [-0.1, -0.05) is 24.3 Å². The molecule has 23 heavy (non-hydrogen) atoms. The number of nitrogens with zero attached hydrogens (tertiary/aromatic N) is 1. The standard InChI is InChI=1S/C19H22N2OS/c22-19(7-6-16-9-13-23-15-16)20-10-3-11-21-12-8-17-4-1-2-5-18(17)14-21/h1-2,4-7,9,13,15H,3,8,10-12,14H2,(H,20,22)/b7-6-. The first kappa shape index (κ1) is 16.0. The van der Waals surface area contributed by atoms with Crippen molar-refractivity contribution in [3.63, 3.8) is 0 Å². The first-order valence-electron chi connectivity index (χ1n) is 8.08. The topological polar surface area (TPSA) is 32.3 Å². The minimum atomic E-state index is -0.0137. The lowest BCUT2D eigenvalue weighted by atomic mass is 10.00. The summed E-state index contributed by atoms with van der Waals surface area (Å²) in [5.41, 5.74) is 4.01. The molecule has 0 atom stereocenters. The molecule has 0 unspecified atom stereocenters. The normalized spacial score (nSPS) is 14.8. The molecule has 0 radical (unpaired) electrons. The van der Waals surface area contributed by atoms with E-state index in [1.807, 2.05) is 22.9 Å². The maximum atomic E-state index is 11.7. The molecular formula is C19H22N2OS. The first-order chi connectivity index (χ1) is 11.3. The van der Waals surface area contributed by atoms with Crippen molar-refractivity contribution in [1.82, 2.24) is 10.2 Å². The Balaban J connectivity index is 1.35. The Hall–Kier alpha value is -1.91. The van der Waals surface area contributed by atoms with E-state index in [1.54, 1.807) is 17.4 Å². The smallest absolute Gasteiger partial charge is 0.244 e. The van der Waals surface area contributed by atoms with Gasteiger partial charge in [0.15, 0.2) is 0 Å². The van der Waals surface area contributed by atoms with Crippen LogP contribution in [-0.2, 0) is 17.8 Å². The molecule has 0 fully saturated rings. The lowest BCUT2D eigenvalue weighted by molar-refractivity contribution is -0.116. The zero-order chi connectivity index (χ0) is 15.9. The molecule has 3 nitrogen and oxygen atoms in total. The van der Waals surface area contributed by atoms with Crippen LogP contribution in [0.15, 0.2) is 47.2 Å². The number of hydrogen-bond donors (Lipinski definition) is 1. The van der Waals surface area contributed by atoms with E-state index in [0.717, 1.165) is 44.6 Å². The number of fused-ring (bicyclic) bond motifs is 1. The van der Waals surface area contributed by atoms with Crippen LogP contribution in [-0.4, -0.2) is 30.4 Å². The van der Waals surface area contributed by atoms with Gasteiger partial charge in [0.25, 0.3) is 0 Å². The molecule has 1 aromatic carbocycles. The zero-order valence-electron chi connectivity index (χ0n) is 13.2. The number of benzene rings is 1. The van der Waals surface area contributed by atoms with Crippen molar-refractivity contribution >= 4 is 23.3 Å². The average molecular weight is 326 g/mol. The second kappa shape index (κ2) is 8.09. The van der Waals surface area contributed by atoms with Crippen molar-refractivity contribution in [1.29, 1.82) is 0 Å². The summed E-state index contributed by atoms with van der Waals surface area (Å²) in [5.74, 6) is -0.0137. The van der Waals surface area contributed by atoms with Gasteiger partial charge in [-0.15, -0.1) is 0 Å². The Labute approximate surface area is 141 Å². The maximum Gasteiger partial charge on any atom is 0.244 e. The average Bonchev–Trinajstić information content (AvgIpc) is 3.10. The lowest BCUT2D eigenvalue weighted by Gasteiger charge is -2.28. The molecule has 0 saturated heterocycles. The largest absolute Gasteiger partial charge is 0.353 e. The molecule has 2 aromatic rings. The van der Waals surface area contributed by atoms with E-state index in [1.165, 1.54) is 11.1 Å². The molecule has 2 heterocycles. The highest BCUT2D eigenvalue weighted by Crippen LogP contribution is 2.18. The summed E-state index contributed by atoms with van der Waals surface area (Å²) in [4.78, 5) is 14.2. The third-order valence-electron chi connectivity index (χ3n) is 4.13. The van der Waals surface area contributed by atoms with Crippen LogP contribution >= 0.6 is 11.3 Å². The molecule has 0 saturated carbocycles. The van der Waals surface area contributed by atoms with E-state index in [-0.39, 0.29) is 5.91 Å². The van der Waals surface area contributed by atoms with Crippen LogP contribution in [0.1, 0.15) is 23.1 Å². The molecular weight excluding hydrogens is 304 g/mol. The zero-order valence-corrected chi connectivity index (χ0v) is 14.0. The van der Waals surface area contributed by atoms with E-state index in [2.05, 4.69) is 34.5 Å². The van der Waals surface area contributed by atoms with Crippen LogP contribution in [0.3, 0.4) is 0 Å². The molecule has 0 bridgehead atoms. The van der Waals surface area contributed by atoms with Crippen molar-refractivity contribution in [3.8, 4) is 0 Å². The highest BCUT2D eigenvalue weighted by atomic mass is 32.1. The highest BCUT2D eigenvalue weighted by Gasteiger charge is 2.14. The fourth-order valence-electron chi connectivity index (χ4n) is 2.86. The number of amides is 1. The molecule has 3 rings (SSSR count). The number of nitrogens with one attached hydrogen (secondary N) is 1. The van der Waals surface area contributed by atoms with Gasteiger partial charge in [0.1, 0.15) is 0 Å². The van der Waals surface area contributed by atoms with Gasteiger partial charge in [-0.2, -0.15) is 11.3 Å². The van der Waals surface area contributed by atoms with Gasteiger partial charge in [-0.05, 0) is 52.4 Å². The minimum Gasteiger partial charge on any atom is -0.353 e. The van der Waals surface area contributed by atoms with E-state index in [9.17, 15) is 4.79 Å². The number of carbonyl (C=O) groups excluding carboxylic acids is 1. The lowest BCUT2D eigenvalue weighted by Crippen LogP contribution is -2.33. The van der Waals surface area contributed by atoms with Crippen LogP contribution in [0, 0.1) is 0 Å². The van der Waals surface area contributed by atoms with Gasteiger partial charge in [-0.25, -0.2) is 0 Å². The van der Waals surface area contributed by atoms with E-state index >= 15 is 0 Å². The third-order valence-corrected chi connectivity index (χ3v) is 4.83. The number of carbonyl (C=O) groups is 1. The predicted octanol–water partition coefficient (Wildman–Crippen LogP) is 3.33. The maximum absolute atomic E-state index is 11.7. The Morgan fingerprint density at radius 1 is 1.26 bits per heavy atom. The van der Waals surface area contributed by atoms with Gasteiger partial charge < -0.3 is 5.32 Å². The summed E-state index contributed by atoms with van der Waals surface area (Å²) in [6.45, 7) is 3.90. The summed E-state index contributed by atoms with van der Waals surface area (Å²) in [6.07, 6.45) is 5.58. The van der Waals surface area contributed by atoms with Crippen molar-refractivity contribution in [2.45, 2.75) is 19.4 Å². The second-order valence-corrected chi connectivity index (χ2v) is 6.61. The third kappa shape index (κ3) is 4.78. The predicted molar refractivity (Wildman–Crippen MR) is 96.4 cm³/mol. The molecule has 1 N–H and O–H groups in total. The fourth-order valence-corrected chi connectivity index (χ4v) is 3.49. The SMILES string of the molecule is O=C(/C=C\c1ccsc1)NCCCN1CCc2ccccc2C1. The number of hydrogen-bond acceptors (Lipinski definition) is 3. The molecule has 4 heteroatoms. The Kier molecular flexibility index (Phi) is 5.61. The Bertz CT molecular complexity index is 664. The minimum absolute atomic E-state index is 0.0137. The van der Waals surface area contributed by atoms with Crippen LogP contribution in [0.2, 0.25) is 0 Å². The Morgan fingerprint density at radius 3 is 2.96 bits per heavy atom. The number of rotatable bonds is 6. The van der Waals surface area contributed by atoms with Gasteiger partial charge >= 0.3 is 0 Å². The molecule has 1 amide bonds. The van der Waals surface area contributed by atoms with Crippen molar-refractivity contribution in [2.24, 2.45) is 0 Å². The van der Waals surface area contributed by atoms with Gasteiger partial charge in [-0.3, -0.25) is 9.69 Å². The molecule has 0 aliphatic carbocycles. The quantitative estimate of drug-likeness (QED) is 0.652. The van der Waals surface area contributed by atoms with Gasteiger partial charge in [0.05, 0.1) is 0 Å². The fraction of sp³-hybridized carbons (Fsp3) is 0.316. The molecule has 1 aliphatic heterocycles. The van der Waals surface area contributed by atoms with Crippen LogP contribution in [0.4, 0.5) is 0 Å². The van der Waals surface area contributed by atoms with Crippen LogP contribution < -0.4 is 5.32 Å². The monoisotopic (exact) mass is 326 g/mol. The second-order valence-electron chi connectivity index (χ2n) is 5.83. The summed E-state index contributed by atoms with van der Waals surface area (Å²) in [5, 5.41) is 6.99. The molecule has 0 spiro atoms. The summed E-state index contributed by atoms with van der Waals surface area (Å²) < 4.78 is 0. The molecule has 1 aliphatic rings. The van der Waals surface area contributed by atoms with Crippen molar-refractivity contribution in [3.05, 3.63) is 63.9 Å². The van der Waals surface area contributed by atoms with Gasteiger partial charge in [0, 0.05) is 32.3 Å². The van der Waals surface area contributed by atoms with E-state index < -0.39 is 0 Å². The van der Waals surface area contributed by atoms with Crippen molar-refractivity contribution in [2.75, 3.05) is 19.6 Å². The van der Waals surface area contributed by atoms with Crippen molar-refractivity contribution < 1.29 is 4.79 Å². The summed E-state index contributed by atoms with van der Waals surface area (Å²) in [6, 6.07) is 10.7. The Morgan fingerprint density at radius 2 is 2.13 bits per heavy atom. The molecule has 1 aromatic heterocycles. The highest BCUT2D eigenvalue weighted by molar-refractivity contribution is 7.08. The first-order valence-corrected chi connectivity index (χ1v) is 9.03. The van der Waals surface area contributed by atoms with E-state index in [4.69, 9.17) is 0 Å². The van der Waals surface area contributed by atoms with E-state index in [0.29, 0.717) is 0 Å². The molecule has 120 valence electrons.